The summed E-state index contributed by atoms with van der Waals surface area (Å²) in [6, 6.07) is -1.29. The fourth-order valence-electron chi connectivity index (χ4n) is 10.6. The number of allylic oxidation sites excluding steroid dienone is 6. The summed E-state index contributed by atoms with van der Waals surface area (Å²) in [6.07, 6.45) is 11.1. The molecule has 1 aliphatic carbocycles. The first-order valence-corrected chi connectivity index (χ1v) is 24.8. The van der Waals surface area contributed by atoms with Crippen LogP contribution in [0.3, 0.4) is 0 Å². The monoisotopic (exact) mass is 969 g/mol. The standard InChI is InChI=1S/C52H79N5O12/c1-31-16-12-11-13-17-32(2)43(65-8)28-39-21-19-37(7)52(64,69-39)49(61)50(62)56-23-15-14-18-41(56)51(63)68-44(34(4)26-38-20-22-40(45(27-38)66-9)57-30-53-54-55-57)29-42(58)33(3)25-36(6)47(60)48(67-10)46(59)35(5)24-31/h11-13,16-17,25,30-31,33-35,37-41,43-45,47-48,60,64H,14-15,18-24,26-29H2,1-10H3/b13-11+,16-12+,32-17+,36-25+/t31-,33-,34-,35-,37-,38+,39+,40+,41+,43+,44+,45-,47-,48+,52-/m1/s1/i8D3. The number of amides is 1. The van der Waals surface area contributed by atoms with Gasteiger partial charge in [-0.1, -0.05) is 71.1 Å². The number of aromatic nitrogens is 4. The Balaban J connectivity index is 1.48. The Hall–Kier alpha value is -4.26. The second-order valence-corrected chi connectivity index (χ2v) is 20.3. The van der Waals surface area contributed by atoms with Crippen LogP contribution in [0.4, 0.5) is 0 Å². The molecule has 15 atom stereocenters. The van der Waals surface area contributed by atoms with E-state index in [1.807, 2.05) is 26.0 Å². The molecule has 1 aromatic rings. The average Bonchev–Trinajstić information content (AvgIpc) is 3.88. The molecule has 17 nitrogen and oxygen atoms in total. The normalized spacial score (nSPS) is 39.6. The van der Waals surface area contributed by atoms with Gasteiger partial charge in [0.25, 0.3) is 11.7 Å². The van der Waals surface area contributed by atoms with Crippen molar-refractivity contribution in [3.63, 3.8) is 0 Å². The average molecular weight is 969 g/mol. The molecule has 1 amide bonds. The van der Waals surface area contributed by atoms with Crippen LogP contribution in [-0.4, -0.2) is 141 Å². The molecule has 2 N–H and O–H groups in total. The SMILES string of the molecule is [2H]C([2H])([2H])O[C@H]1C[C@@H]2CC[C@@H](C)[C@@](O)(O2)C(=O)C(=O)N2CCCC[C@H]2C(=O)O[C@H]([C@H](C)C[C@@H]2CC[C@H](n3cnnn3)[C@H](OC)C2)CC(=O)[C@H](C)/C=C(\C)[C@@H](O)[C@@H](OC)C(=O)[C@H](C)C[C@H](C)/C=C/C=C/C=C/1C. The minimum absolute atomic E-state index is 0.0214. The molecule has 3 fully saturated rings. The summed E-state index contributed by atoms with van der Waals surface area (Å²) < 4.78 is 54.8. The van der Waals surface area contributed by atoms with Gasteiger partial charge in [0.2, 0.25) is 5.79 Å². The summed E-state index contributed by atoms with van der Waals surface area (Å²) in [5.41, 5.74) is 0.886. The van der Waals surface area contributed by atoms with E-state index in [1.165, 1.54) is 7.11 Å². The zero-order valence-electron chi connectivity index (χ0n) is 45.0. The molecule has 0 radical (unpaired) electrons. The molecule has 0 spiro atoms. The van der Waals surface area contributed by atoms with Gasteiger partial charge in [0.1, 0.15) is 36.5 Å². The number of esters is 1. The predicted molar refractivity (Wildman–Crippen MR) is 256 cm³/mol. The molecule has 384 valence electrons. The van der Waals surface area contributed by atoms with Gasteiger partial charge in [0.05, 0.1) is 28.5 Å². The first-order chi connectivity index (χ1) is 34.0. The van der Waals surface area contributed by atoms with Crippen LogP contribution in [0.5, 0.6) is 0 Å². The number of carbonyl (C=O) groups excluding carboxylic acids is 5. The molecular weight excluding hydrogens is 887 g/mol. The van der Waals surface area contributed by atoms with Crippen LogP contribution in [0, 0.1) is 35.5 Å². The van der Waals surface area contributed by atoms with Crippen molar-refractivity contribution in [3.05, 3.63) is 53.9 Å². The van der Waals surface area contributed by atoms with Crippen LogP contribution < -0.4 is 0 Å². The maximum atomic E-state index is 14.5. The number of ketones is 3. The van der Waals surface area contributed by atoms with E-state index in [1.54, 1.807) is 77.0 Å². The molecule has 3 aliphatic heterocycles. The summed E-state index contributed by atoms with van der Waals surface area (Å²) in [7, 11) is 0.196. The van der Waals surface area contributed by atoms with Crippen LogP contribution in [0.25, 0.3) is 0 Å². The van der Waals surface area contributed by atoms with E-state index < -0.39 is 84.8 Å². The van der Waals surface area contributed by atoms with E-state index >= 15 is 0 Å². The Morgan fingerprint density at radius 3 is 2.39 bits per heavy atom. The molecule has 2 bridgehead atoms. The number of aliphatic hydroxyl groups excluding tert-OH is 1. The number of cyclic esters (lactones) is 1. The van der Waals surface area contributed by atoms with Gasteiger partial charge in [-0.2, -0.15) is 0 Å². The number of aliphatic hydroxyl groups is 2. The number of rotatable bonds is 7. The number of tetrazole rings is 1. The van der Waals surface area contributed by atoms with Crippen molar-refractivity contribution in [3.8, 4) is 0 Å². The first kappa shape index (κ1) is 51.1. The highest BCUT2D eigenvalue weighted by atomic mass is 16.6. The third-order valence-corrected chi connectivity index (χ3v) is 15.0. The lowest BCUT2D eigenvalue weighted by Crippen LogP contribution is -2.61. The highest BCUT2D eigenvalue weighted by Crippen LogP contribution is 2.39. The number of ether oxygens (including phenoxy) is 5. The Morgan fingerprint density at radius 1 is 0.928 bits per heavy atom. The van der Waals surface area contributed by atoms with Crippen molar-refractivity contribution in [1.29, 1.82) is 0 Å². The van der Waals surface area contributed by atoms with E-state index in [4.69, 9.17) is 27.8 Å². The minimum atomic E-state index is -2.80. The zero-order chi connectivity index (χ0) is 53.1. The van der Waals surface area contributed by atoms with Gasteiger partial charge in [-0.3, -0.25) is 19.2 Å². The van der Waals surface area contributed by atoms with Crippen molar-refractivity contribution in [1.82, 2.24) is 25.1 Å². The third kappa shape index (κ3) is 14.2. The lowest BCUT2D eigenvalue weighted by molar-refractivity contribution is -0.265. The second kappa shape index (κ2) is 25.7. The van der Waals surface area contributed by atoms with E-state index in [9.17, 15) is 34.2 Å². The largest absolute Gasteiger partial charge is 0.460 e. The van der Waals surface area contributed by atoms with Crippen LogP contribution in [0.2, 0.25) is 0 Å². The van der Waals surface area contributed by atoms with E-state index in [0.717, 1.165) is 17.7 Å². The summed E-state index contributed by atoms with van der Waals surface area (Å²) in [4.78, 5) is 72.5. The Bertz CT molecular complexity index is 2130. The van der Waals surface area contributed by atoms with Crippen molar-refractivity contribution in [2.45, 2.75) is 180 Å². The second-order valence-electron chi connectivity index (χ2n) is 20.3. The molecule has 5 rings (SSSR count). The molecule has 2 saturated heterocycles. The van der Waals surface area contributed by atoms with Gasteiger partial charge in [-0.05, 0) is 117 Å². The number of carbonyl (C=O) groups is 5. The summed E-state index contributed by atoms with van der Waals surface area (Å²) in [5, 5.41) is 35.2. The van der Waals surface area contributed by atoms with Crippen LogP contribution >= 0.6 is 0 Å². The van der Waals surface area contributed by atoms with Gasteiger partial charge >= 0.3 is 5.97 Å². The van der Waals surface area contributed by atoms with Crippen molar-refractivity contribution < 1.29 is 62.0 Å². The molecule has 1 aromatic heterocycles. The molecular formula is C52H79N5O12. The number of fused-ring (bicyclic) bond motifs is 3. The maximum absolute atomic E-state index is 14.5. The smallest absolute Gasteiger partial charge is 0.329 e. The highest BCUT2D eigenvalue weighted by Gasteiger charge is 2.53. The Labute approximate surface area is 412 Å². The van der Waals surface area contributed by atoms with Gasteiger partial charge in [0.15, 0.2) is 5.78 Å². The number of Topliss-reactive ketones (excluding diaryl/α,β-unsaturated/α-hetero) is 3. The molecule has 0 unspecified atom stereocenters. The summed E-state index contributed by atoms with van der Waals surface area (Å²) in [6.45, 7) is 12.3. The number of hydrogen-bond donors (Lipinski definition) is 2. The van der Waals surface area contributed by atoms with Crippen LogP contribution in [0.15, 0.2) is 53.9 Å². The van der Waals surface area contributed by atoms with E-state index in [-0.39, 0.29) is 73.7 Å². The fourth-order valence-corrected chi connectivity index (χ4v) is 10.6. The van der Waals surface area contributed by atoms with Gasteiger partial charge in [0, 0.05) is 58.4 Å². The molecule has 17 heteroatoms. The predicted octanol–water partition coefficient (Wildman–Crippen LogP) is 6.05. The number of nitrogens with zero attached hydrogens (tertiary/aromatic N) is 5. The fraction of sp³-hybridized carbons (Fsp3) is 0.731. The molecule has 0 aromatic carbocycles. The topological polar surface area (TPSA) is 219 Å². The lowest BCUT2D eigenvalue weighted by atomic mass is 9.77. The van der Waals surface area contributed by atoms with Crippen molar-refractivity contribution in [2.75, 3.05) is 27.8 Å². The molecule has 1 saturated carbocycles. The van der Waals surface area contributed by atoms with Crippen molar-refractivity contribution >= 4 is 29.2 Å². The number of hydrogen-bond acceptors (Lipinski definition) is 15. The van der Waals surface area contributed by atoms with Crippen LogP contribution in [0.1, 0.15) is 136 Å². The maximum Gasteiger partial charge on any atom is 0.329 e. The van der Waals surface area contributed by atoms with E-state index in [0.29, 0.717) is 49.7 Å². The van der Waals surface area contributed by atoms with Crippen molar-refractivity contribution in [2.24, 2.45) is 35.5 Å². The summed E-state index contributed by atoms with van der Waals surface area (Å²) in [5.74, 6) is -8.78. The highest BCUT2D eigenvalue weighted by molar-refractivity contribution is 6.39. The first-order valence-electron chi connectivity index (χ1n) is 26.3. The van der Waals surface area contributed by atoms with Gasteiger partial charge in [-0.15, -0.1) is 5.10 Å². The van der Waals surface area contributed by atoms with Crippen LogP contribution in [-0.2, 0) is 47.7 Å². The number of methoxy groups -OCH3 is 3. The molecule has 69 heavy (non-hydrogen) atoms. The number of piperidine rings is 1. The zero-order valence-corrected chi connectivity index (χ0v) is 42.0. The third-order valence-electron chi connectivity index (χ3n) is 15.0. The van der Waals surface area contributed by atoms with Gasteiger partial charge < -0.3 is 38.8 Å². The van der Waals surface area contributed by atoms with Gasteiger partial charge in [-0.25, -0.2) is 9.48 Å². The Morgan fingerprint density at radius 2 is 1.70 bits per heavy atom. The molecule has 4 aliphatic rings. The quantitative estimate of drug-likeness (QED) is 0.181. The van der Waals surface area contributed by atoms with E-state index in [2.05, 4.69) is 15.5 Å². The summed E-state index contributed by atoms with van der Waals surface area (Å²) >= 11 is 0. The molecule has 4 heterocycles. The minimum Gasteiger partial charge on any atom is -0.460 e. The lowest BCUT2D eigenvalue weighted by Gasteiger charge is -2.42. The Kier molecular flexibility index (Phi) is 19.1.